The third kappa shape index (κ3) is 2.35. The van der Waals surface area contributed by atoms with Crippen molar-refractivity contribution in [1.82, 2.24) is 0 Å². The van der Waals surface area contributed by atoms with Gasteiger partial charge in [-0.2, -0.15) is 0 Å². The highest BCUT2D eigenvalue weighted by Gasteiger charge is 2.50. The molecule has 1 aliphatic rings. The van der Waals surface area contributed by atoms with Crippen molar-refractivity contribution in [2.75, 3.05) is 5.32 Å². The van der Waals surface area contributed by atoms with E-state index < -0.39 is 23.2 Å². The van der Waals surface area contributed by atoms with Gasteiger partial charge in [0, 0.05) is 11.8 Å². The summed E-state index contributed by atoms with van der Waals surface area (Å²) in [6.07, 6.45) is 0.360. The normalized spacial score (nSPS) is 16.8. The second kappa shape index (κ2) is 4.30. The highest BCUT2D eigenvalue weighted by atomic mass is 19.2. The largest absolute Gasteiger partial charge is 0.323 e. The predicted octanol–water partition coefficient (Wildman–Crippen LogP) is 3.53. The first-order valence-corrected chi connectivity index (χ1v) is 5.83. The van der Waals surface area contributed by atoms with Crippen LogP contribution < -0.4 is 5.32 Å². The van der Waals surface area contributed by atoms with Crippen LogP contribution in [0.25, 0.3) is 0 Å². The fourth-order valence-corrected chi connectivity index (χ4v) is 1.68. The smallest absolute Gasteiger partial charge is 0.262 e. The highest BCUT2D eigenvalue weighted by molar-refractivity contribution is 5.99. The van der Waals surface area contributed by atoms with Crippen molar-refractivity contribution in [3.8, 4) is 0 Å². The van der Waals surface area contributed by atoms with Crippen LogP contribution in [0.2, 0.25) is 0 Å². The molecule has 0 radical (unpaired) electrons. The number of benzene rings is 1. The van der Waals surface area contributed by atoms with E-state index >= 15 is 0 Å². The number of amides is 1. The lowest BCUT2D eigenvalue weighted by atomic mass is 10.0. The Morgan fingerprint density at radius 3 is 2.44 bits per heavy atom. The SMILES string of the molecule is CC(C)c1cc(NC(=O)C2(F)CC2)cc(F)c1F. The van der Waals surface area contributed by atoms with E-state index in [1.165, 1.54) is 6.07 Å². The van der Waals surface area contributed by atoms with Crippen molar-refractivity contribution in [3.05, 3.63) is 29.3 Å². The van der Waals surface area contributed by atoms with Crippen molar-refractivity contribution in [2.45, 2.75) is 38.3 Å². The Morgan fingerprint density at radius 2 is 1.94 bits per heavy atom. The average Bonchev–Trinajstić information content (AvgIpc) is 3.02. The minimum Gasteiger partial charge on any atom is -0.323 e. The molecule has 1 aliphatic carbocycles. The quantitative estimate of drug-likeness (QED) is 0.881. The third-order valence-electron chi connectivity index (χ3n) is 3.03. The number of halogens is 3. The van der Waals surface area contributed by atoms with Crippen LogP contribution >= 0.6 is 0 Å². The number of carbonyl (C=O) groups excluding carboxylic acids is 1. The van der Waals surface area contributed by atoms with Crippen LogP contribution in [0.3, 0.4) is 0 Å². The maximum Gasteiger partial charge on any atom is 0.262 e. The second-order valence-corrected chi connectivity index (χ2v) is 4.94. The number of anilines is 1. The molecule has 0 saturated heterocycles. The zero-order valence-corrected chi connectivity index (χ0v) is 10.2. The van der Waals surface area contributed by atoms with Crippen molar-refractivity contribution >= 4 is 11.6 Å². The van der Waals surface area contributed by atoms with Crippen LogP contribution in [-0.4, -0.2) is 11.6 Å². The van der Waals surface area contributed by atoms with Crippen molar-refractivity contribution in [3.63, 3.8) is 0 Å². The molecule has 2 nitrogen and oxygen atoms in total. The second-order valence-electron chi connectivity index (χ2n) is 4.94. The topological polar surface area (TPSA) is 29.1 Å². The summed E-state index contributed by atoms with van der Waals surface area (Å²) < 4.78 is 40.2. The lowest BCUT2D eigenvalue weighted by molar-refractivity contribution is -0.122. The van der Waals surface area contributed by atoms with Gasteiger partial charge in [-0.15, -0.1) is 0 Å². The Balaban J connectivity index is 2.26. The molecule has 0 atom stereocenters. The zero-order chi connectivity index (χ0) is 13.5. The molecule has 0 heterocycles. The number of nitrogens with one attached hydrogen (secondary N) is 1. The van der Waals surface area contributed by atoms with Gasteiger partial charge in [0.15, 0.2) is 17.3 Å². The monoisotopic (exact) mass is 257 g/mol. The Labute approximate surface area is 103 Å². The molecule has 1 fully saturated rings. The summed E-state index contributed by atoms with van der Waals surface area (Å²) in [5.74, 6) is -2.98. The highest BCUT2D eigenvalue weighted by Crippen LogP contribution is 2.40. The summed E-state index contributed by atoms with van der Waals surface area (Å²) in [6, 6.07) is 2.21. The maximum absolute atomic E-state index is 13.5. The molecule has 1 saturated carbocycles. The van der Waals surface area contributed by atoms with Crippen LogP contribution in [0.15, 0.2) is 12.1 Å². The fourth-order valence-electron chi connectivity index (χ4n) is 1.68. The van der Waals surface area contributed by atoms with Gasteiger partial charge in [-0.1, -0.05) is 13.8 Å². The van der Waals surface area contributed by atoms with Gasteiger partial charge >= 0.3 is 0 Å². The number of rotatable bonds is 3. The molecule has 0 spiro atoms. The van der Waals surface area contributed by atoms with E-state index in [0.29, 0.717) is 0 Å². The van der Waals surface area contributed by atoms with E-state index in [1.807, 2.05) is 0 Å². The number of hydrogen-bond acceptors (Lipinski definition) is 1. The van der Waals surface area contributed by atoms with E-state index in [4.69, 9.17) is 0 Å². The lowest BCUT2D eigenvalue weighted by Crippen LogP contribution is -2.25. The summed E-state index contributed by atoms with van der Waals surface area (Å²) >= 11 is 0. The van der Waals surface area contributed by atoms with E-state index in [2.05, 4.69) is 5.32 Å². The maximum atomic E-state index is 13.5. The van der Waals surface area contributed by atoms with Gasteiger partial charge in [0.25, 0.3) is 5.91 Å². The molecule has 1 aromatic rings. The van der Waals surface area contributed by atoms with Crippen molar-refractivity contribution < 1.29 is 18.0 Å². The molecule has 18 heavy (non-hydrogen) atoms. The van der Waals surface area contributed by atoms with Gasteiger partial charge in [0.1, 0.15) is 0 Å². The van der Waals surface area contributed by atoms with Gasteiger partial charge in [-0.05, 0) is 30.4 Å². The van der Waals surface area contributed by atoms with Crippen molar-refractivity contribution in [1.29, 1.82) is 0 Å². The Bertz CT molecular complexity index is 495. The Hall–Kier alpha value is -1.52. The van der Waals surface area contributed by atoms with Crippen LogP contribution in [0.1, 0.15) is 38.2 Å². The predicted molar refractivity (Wildman–Crippen MR) is 62.1 cm³/mol. The van der Waals surface area contributed by atoms with E-state index in [-0.39, 0.29) is 30.0 Å². The molecule has 98 valence electrons. The number of carbonyl (C=O) groups is 1. The molecule has 1 amide bonds. The van der Waals surface area contributed by atoms with Gasteiger partial charge in [-0.3, -0.25) is 4.79 Å². The first-order chi connectivity index (χ1) is 8.33. The van der Waals surface area contributed by atoms with E-state index in [1.54, 1.807) is 13.8 Å². The van der Waals surface area contributed by atoms with Gasteiger partial charge in [-0.25, -0.2) is 13.2 Å². The zero-order valence-electron chi connectivity index (χ0n) is 10.2. The van der Waals surface area contributed by atoms with E-state index in [9.17, 15) is 18.0 Å². The fraction of sp³-hybridized carbons (Fsp3) is 0.462. The summed E-state index contributed by atoms with van der Waals surface area (Å²) in [4.78, 5) is 11.5. The van der Waals surface area contributed by atoms with Crippen LogP contribution in [0, 0.1) is 11.6 Å². The molecule has 1 aromatic carbocycles. The standard InChI is InChI=1S/C13H14F3NO/c1-7(2)9-5-8(6-10(14)11(9)15)17-12(18)13(16)3-4-13/h5-7H,3-4H2,1-2H3,(H,17,18). The number of alkyl halides is 1. The molecule has 5 heteroatoms. The molecule has 2 rings (SSSR count). The van der Waals surface area contributed by atoms with Gasteiger partial charge < -0.3 is 5.32 Å². The molecule has 0 unspecified atom stereocenters. The van der Waals surface area contributed by atoms with Crippen LogP contribution in [0.4, 0.5) is 18.9 Å². The summed E-state index contributed by atoms with van der Waals surface area (Å²) in [5.41, 5.74) is -1.58. The van der Waals surface area contributed by atoms with Gasteiger partial charge in [0.2, 0.25) is 0 Å². The molecule has 0 aliphatic heterocycles. The van der Waals surface area contributed by atoms with Crippen molar-refractivity contribution in [2.24, 2.45) is 0 Å². The van der Waals surface area contributed by atoms with Crippen LogP contribution in [-0.2, 0) is 4.79 Å². The summed E-state index contributed by atoms with van der Waals surface area (Å²) in [7, 11) is 0. The Kier molecular flexibility index (Phi) is 3.09. The first-order valence-electron chi connectivity index (χ1n) is 5.83. The summed E-state index contributed by atoms with van der Waals surface area (Å²) in [5, 5.41) is 2.29. The molecular formula is C13H14F3NO. The molecular weight excluding hydrogens is 243 g/mol. The average molecular weight is 257 g/mol. The lowest BCUT2D eigenvalue weighted by Gasteiger charge is -2.12. The molecule has 0 bridgehead atoms. The first kappa shape index (κ1) is 12.9. The Morgan fingerprint density at radius 1 is 1.33 bits per heavy atom. The summed E-state index contributed by atoms with van der Waals surface area (Å²) in [6.45, 7) is 3.42. The molecule has 0 aromatic heterocycles. The minimum absolute atomic E-state index is 0.0894. The van der Waals surface area contributed by atoms with Gasteiger partial charge in [0.05, 0.1) is 0 Å². The van der Waals surface area contributed by atoms with Crippen LogP contribution in [0.5, 0.6) is 0 Å². The number of hydrogen-bond donors (Lipinski definition) is 1. The third-order valence-corrected chi connectivity index (χ3v) is 3.03. The van der Waals surface area contributed by atoms with E-state index in [0.717, 1.165) is 6.07 Å². The molecule has 1 N–H and O–H groups in total. The minimum atomic E-state index is -1.83.